The van der Waals surface area contributed by atoms with Crippen LogP contribution in [-0.4, -0.2) is 55.7 Å². The highest BCUT2D eigenvalue weighted by Gasteiger charge is 2.15. The molecule has 1 fully saturated rings. The van der Waals surface area contributed by atoms with Gasteiger partial charge >= 0.3 is 0 Å². The van der Waals surface area contributed by atoms with Crippen LogP contribution >= 0.6 is 0 Å². The molecule has 1 aliphatic rings. The lowest BCUT2D eigenvalue weighted by atomic mass is 10.3. The molecule has 0 atom stereocenters. The Kier molecular flexibility index (Phi) is 7.54. The van der Waals surface area contributed by atoms with Crippen LogP contribution in [0.15, 0.2) is 22.8 Å². The van der Waals surface area contributed by atoms with Crippen LogP contribution in [0.1, 0.15) is 13.8 Å². The summed E-state index contributed by atoms with van der Waals surface area (Å²) in [6.07, 6.45) is 1.50. The van der Waals surface area contributed by atoms with Gasteiger partial charge in [0.1, 0.15) is 0 Å². The Balaban J connectivity index is 0.000000921. The Bertz CT molecular complexity index is 215. The molecule has 15 heavy (non-hydrogen) atoms. The third kappa shape index (κ3) is 4.74. The molecule has 86 valence electrons. The van der Waals surface area contributed by atoms with E-state index >= 15 is 0 Å². The first-order chi connectivity index (χ1) is 7.27. The summed E-state index contributed by atoms with van der Waals surface area (Å²) in [6.45, 7) is 15.1. The van der Waals surface area contributed by atoms with Crippen molar-refractivity contribution < 1.29 is 0 Å². The van der Waals surface area contributed by atoms with Crippen molar-refractivity contribution >= 4 is 12.7 Å². The fraction of sp³-hybridized carbons (Fsp3) is 0.636. The third-order valence-electron chi connectivity index (χ3n) is 2.13. The maximum atomic E-state index is 4.05. The number of guanidine groups is 1. The van der Waals surface area contributed by atoms with Crippen LogP contribution in [0.5, 0.6) is 0 Å². The van der Waals surface area contributed by atoms with Crippen LogP contribution < -0.4 is 0 Å². The van der Waals surface area contributed by atoms with Crippen LogP contribution in [0, 0.1) is 0 Å². The van der Waals surface area contributed by atoms with Gasteiger partial charge in [0.05, 0.1) is 0 Å². The molecule has 1 aliphatic heterocycles. The summed E-state index contributed by atoms with van der Waals surface area (Å²) in [7, 11) is 2.11. The van der Waals surface area contributed by atoms with Gasteiger partial charge < -0.3 is 9.80 Å². The Morgan fingerprint density at radius 1 is 1.20 bits per heavy atom. The average molecular weight is 210 g/mol. The second-order valence-corrected chi connectivity index (χ2v) is 3.06. The van der Waals surface area contributed by atoms with E-state index in [9.17, 15) is 0 Å². The van der Waals surface area contributed by atoms with E-state index in [4.69, 9.17) is 0 Å². The lowest BCUT2D eigenvalue weighted by molar-refractivity contribution is 0.214. The zero-order chi connectivity index (χ0) is 11.7. The average Bonchev–Trinajstić information content (AvgIpc) is 2.30. The first kappa shape index (κ1) is 13.8. The molecule has 0 N–H and O–H groups in total. The molecule has 0 aromatic carbocycles. The molecule has 0 spiro atoms. The van der Waals surface area contributed by atoms with Gasteiger partial charge in [-0.15, -0.1) is 0 Å². The minimum absolute atomic E-state index is 0.683. The topological polar surface area (TPSA) is 31.2 Å². The summed E-state index contributed by atoms with van der Waals surface area (Å²) in [5.41, 5.74) is 0. The number of likely N-dealkylation sites (N-methyl/N-ethyl adjacent to an activating group) is 1. The van der Waals surface area contributed by atoms with Crippen LogP contribution in [0.4, 0.5) is 0 Å². The SMILES string of the molecule is C=CN=C(N=C)N1CCN(C)CC1.CC. The van der Waals surface area contributed by atoms with Gasteiger partial charge in [-0.2, -0.15) is 0 Å². The standard InChI is InChI=1S/C9H16N4.C2H6/c1-4-11-9(10-2)13-7-5-12(3)6-8-13;1-2/h4H,1-2,5-8H2,3H3;1-2H3. The van der Waals surface area contributed by atoms with E-state index in [0.29, 0.717) is 5.96 Å². The van der Waals surface area contributed by atoms with Crippen molar-refractivity contribution in [1.29, 1.82) is 0 Å². The lowest BCUT2D eigenvalue weighted by Gasteiger charge is -2.32. The lowest BCUT2D eigenvalue weighted by Crippen LogP contribution is -2.46. The number of aliphatic imine (C=N–C) groups is 2. The van der Waals surface area contributed by atoms with Crippen molar-refractivity contribution in [2.24, 2.45) is 9.98 Å². The van der Waals surface area contributed by atoms with Crippen LogP contribution in [0.25, 0.3) is 0 Å². The summed E-state index contributed by atoms with van der Waals surface area (Å²) in [5, 5.41) is 0. The summed E-state index contributed by atoms with van der Waals surface area (Å²) in [6, 6.07) is 0. The molecule has 0 amide bonds. The van der Waals surface area contributed by atoms with E-state index in [0.717, 1.165) is 26.2 Å². The number of nitrogens with zero attached hydrogens (tertiary/aromatic N) is 4. The number of piperazine rings is 1. The van der Waals surface area contributed by atoms with Gasteiger partial charge in [-0.25, -0.2) is 9.98 Å². The summed E-state index contributed by atoms with van der Waals surface area (Å²) >= 11 is 0. The molecule has 1 rings (SSSR count). The molecule has 0 saturated carbocycles. The predicted molar refractivity (Wildman–Crippen MR) is 67.6 cm³/mol. The number of hydrogen-bond donors (Lipinski definition) is 0. The molecule has 1 heterocycles. The second-order valence-electron chi connectivity index (χ2n) is 3.06. The van der Waals surface area contributed by atoms with Gasteiger partial charge in [0.2, 0.25) is 5.96 Å². The maximum Gasteiger partial charge on any atom is 0.224 e. The first-order valence-corrected chi connectivity index (χ1v) is 5.37. The van der Waals surface area contributed by atoms with Crippen molar-refractivity contribution in [2.45, 2.75) is 13.8 Å². The Morgan fingerprint density at radius 3 is 2.13 bits per heavy atom. The van der Waals surface area contributed by atoms with Crippen molar-refractivity contribution in [3.05, 3.63) is 12.8 Å². The summed E-state index contributed by atoms with van der Waals surface area (Å²) in [5.74, 6) is 0.683. The van der Waals surface area contributed by atoms with Gasteiger partial charge in [0.25, 0.3) is 0 Å². The van der Waals surface area contributed by atoms with Gasteiger partial charge in [-0.3, -0.25) is 0 Å². The van der Waals surface area contributed by atoms with Crippen LogP contribution in [-0.2, 0) is 0 Å². The molecule has 0 bridgehead atoms. The molecule has 0 unspecified atom stereocenters. The Hall–Kier alpha value is -1.16. The molecule has 1 saturated heterocycles. The minimum Gasteiger partial charge on any atom is -0.338 e. The molecule has 0 aromatic rings. The minimum atomic E-state index is 0.683. The Labute approximate surface area is 93.0 Å². The van der Waals surface area contributed by atoms with Crippen molar-refractivity contribution in [1.82, 2.24) is 9.80 Å². The zero-order valence-corrected chi connectivity index (χ0v) is 10.1. The molecular weight excluding hydrogens is 188 g/mol. The number of rotatable bonds is 1. The van der Waals surface area contributed by atoms with Crippen molar-refractivity contribution in [2.75, 3.05) is 33.2 Å². The molecule has 4 heteroatoms. The molecule has 0 aliphatic carbocycles. The summed E-state index contributed by atoms with van der Waals surface area (Å²) in [4.78, 5) is 12.3. The molecule has 0 aromatic heterocycles. The quantitative estimate of drug-likeness (QED) is 0.484. The largest absolute Gasteiger partial charge is 0.338 e. The van der Waals surface area contributed by atoms with Crippen molar-refractivity contribution in [3.63, 3.8) is 0 Å². The highest BCUT2D eigenvalue weighted by atomic mass is 15.3. The van der Waals surface area contributed by atoms with E-state index < -0.39 is 0 Å². The molecule has 0 radical (unpaired) electrons. The maximum absolute atomic E-state index is 4.05. The van der Waals surface area contributed by atoms with Gasteiger partial charge in [0.15, 0.2) is 0 Å². The first-order valence-electron chi connectivity index (χ1n) is 5.37. The van der Waals surface area contributed by atoms with Gasteiger partial charge in [-0.1, -0.05) is 20.4 Å². The fourth-order valence-corrected chi connectivity index (χ4v) is 1.31. The number of hydrogen-bond acceptors (Lipinski definition) is 2. The third-order valence-corrected chi connectivity index (χ3v) is 2.13. The predicted octanol–water partition coefficient (Wildman–Crippen LogP) is 1.46. The van der Waals surface area contributed by atoms with E-state index in [1.165, 1.54) is 6.20 Å². The smallest absolute Gasteiger partial charge is 0.224 e. The summed E-state index contributed by atoms with van der Waals surface area (Å²) < 4.78 is 0. The highest BCUT2D eigenvalue weighted by Crippen LogP contribution is 2.01. The monoisotopic (exact) mass is 210 g/mol. The Morgan fingerprint density at radius 2 is 1.73 bits per heavy atom. The zero-order valence-electron chi connectivity index (χ0n) is 10.1. The second kappa shape index (κ2) is 8.17. The normalized spacial score (nSPS) is 17.8. The van der Waals surface area contributed by atoms with E-state index in [-0.39, 0.29) is 0 Å². The van der Waals surface area contributed by atoms with Crippen molar-refractivity contribution in [3.8, 4) is 0 Å². The van der Waals surface area contributed by atoms with Crippen LogP contribution in [0.2, 0.25) is 0 Å². The fourth-order valence-electron chi connectivity index (χ4n) is 1.31. The highest BCUT2D eigenvalue weighted by molar-refractivity contribution is 5.84. The van der Waals surface area contributed by atoms with Gasteiger partial charge in [0, 0.05) is 32.4 Å². The van der Waals surface area contributed by atoms with Crippen LogP contribution in [0.3, 0.4) is 0 Å². The molecule has 4 nitrogen and oxygen atoms in total. The van der Waals surface area contributed by atoms with E-state index in [1.807, 2.05) is 13.8 Å². The van der Waals surface area contributed by atoms with E-state index in [1.54, 1.807) is 0 Å². The van der Waals surface area contributed by atoms with Gasteiger partial charge in [-0.05, 0) is 13.8 Å². The van der Waals surface area contributed by atoms with E-state index in [2.05, 4.69) is 40.1 Å². The molecular formula is C11H22N4.